The normalized spacial score (nSPS) is 21.6. The van der Waals surface area contributed by atoms with Crippen LogP contribution in [0.3, 0.4) is 0 Å². The number of rotatable bonds is 5. The minimum absolute atomic E-state index is 0.205. The lowest BCUT2D eigenvalue weighted by atomic mass is 9.84. The molecule has 178 valence electrons. The molecule has 2 N–H and O–H groups in total. The van der Waals surface area contributed by atoms with Crippen molar-refractivity contribution in [2.24, 2.45) is 4.99 Å². The van der Waals surface area contributed by atoms with Crippen LogP contribution in [-0.4, -0.2) is 40.8 Å². The molecule has 6 nitrogen and oxygen atoms in total. The molecule has 8 heteroatoms. The second-order valence-corrected chi connectivity index (χ2v) is 10.3. The van der Waals surface area contributed by atoms with Gasteiger partial charge in [0.05, 0.1) is 28.8 Å². The molecular weight excluding hydrogens is 451 g/mol. The highest BCUT2D eigenvalue weighted by atomic mass is 32.2. The molecule has 3 heterocycles. The SMILES string of the molecule is C=C(NC1=C(C(=NC)Nc2cccc(F)c2)S(=O)CC1)N1CCC2(CC1)OCc1ccccc12. The summed E-state index contributed by atoms with van der Waals surface area (Å²) >= 11 is 0. The van der Waals surface area contributed by atoms with Gasteiger partial charge in [-0.05, 0) is 42.2 Å². The molecule has 0 aliphatic carbocycles. The topological polar surface area (TPSA) is 66.0 Å². The van der Waals surface area contributed by atoms with E-state index in [0.29, 0.717) is 35.2 Å². The minimum Gasteiger partial charge on any atom is -0.365 e. The summed E-state index contributed by atoms with van der Waals surface area (Å²) in [6.45, 7) is 6.59. The zero-order valence-electron chi connectivity index (χ0n) is 19.3. The van der Waals surface area contributed by atoms with Crippen LogP contribution >= 0.6 is 0 Å². The highest BCUT2D eigenvalue weighted by Crippen LogP contribution is 2.44. The van der Waals surface area contributed by atoms with E-state index in [1.54, 1.807) is 19.2 Å². The van der Waals surface area contributed by atoms with Crippen LogP contribution in [0.4, 0.5) is 10.1 Å². The Balaban J connectivity index is 1.28. The number of anilines is 1. The number of nitrogens with one attached hydrogen (secondary N) is 2. The Morgan fingerprint density at radius 2 is 1.97 bits per heavy atom. The van der Waals surface area contributed by atoms with Crippen LogP contribution < -0.4 is 10.6 Å². The standard InChI is InChI=1S/C26H29FN4O2S/c1-18(31-13-11-26(12-14-31)22-9-4-3-6-19(22)17-33-26)29-23-10-15-34(32)24(23)25(28-2)30-21-8-5-7-20(27)16-21/h3-9,16,29H,1,10-15,17H2,2H3,(H,28,30). The van der Waals surface area contributed by atoms with Gasteiger partial charge in [-0.3, -0.25) is 9.20 Å². The molecule has 34 heavy (non-hydrogen) atoms. The molecule has 0 amide bonds. The van der Waals surface area contributed by atoms with Gasteiger partial charge in [-0.1, -0.05) is 36.9 Å². The second kappa shape index (κ2) is 9.35. The predicted molar refractivity (Wildman–Crippen MR) is 134 cm³/mol. The maximum atomic E-state index is 13.6. The molecule has 1 atom stereocenters. The van der Waals surface area contributed by atoms with Crippen molar-refractivity contribution in [2.75, 3.05) is 31.2 Å². The Bertz CT molecular complexity index is 1200. The van der Waals surface area contributed by atoms with Crippen LogP contribution in [0, 0.1) is 5.82 Å². The molecule has 0 aromatic heterocycles. The summed E-state index contributed by atoms with van der Waals surface area (Å²) in [7, 11) is 0.437. The fourth-order valence-corrected chi connectivity index (χ4v) is 6.40. The number of allylic oxidation sites excluding steroid dienone is 1. The van der Waals surface area contributed by atoms with Crippen molar-refractivity contribution in [3.8, 4) is 0 Å². The van der Waals surface area contributed by atoms with E-state index in [1.807, 2.05) is 0 Å². The van der Waals surface area contributed by atoms with Crippen molar-refractivity contribution >= 4 is 22.3 Å². The summed E-state index contributed by atoms with van der Waals surface area (Å²) in [4.78, 5) is 7.16. The van der Waals surface area contributed by atoms with Gasteiger partial charge in [0.25, 0.3) is 0 Å². The average molecular weight is 481 g/mol. The lowest BCUT2D eigenvalue weighted by Gasteiger charge is -2.41. The van der Waals surface area contributed by atoms with Crippen molar-refractivity contribution in [3.05, 3.63) is 88.5 Å². The quantitative estimate of drug-likeness (QED) is 0.496. The molecule has 3 aliphatic rings. The zero-order chi connectivity index (χ0) is 23.7. The number of hydrogen-bond donors (Lipinski definition) is 2. The number of hydrogen-bond acceptors (Lipinski definition) is 5. The van der Waals surface area contributed by atoms with Crippen LogP contribution in [0.25, 0.3) is 0 Å². The van der Waals surface area contributed by atoms with E-state index in [1.165, 1.54) is 23.3 Å². The largest absolute Gasteiger partial charge is 0.365 e. The second-order valence-electron chi connectivity index (χ2n) is 8.81. The van der Waals surface area contributed by atoms with E-state index >= 15 is 0 Å². The number of halogens is 1. The van der Waals surface area contributed by atoms with E-state index in [4.69, 9.17) is 4.74 Å². The third-order valence-electron chi connectivity index (χ3n) is 6.83. The number of aliphatic imine (C=N–C) groups is 1. The van der Waals surface area contributed by atoms with Crippen LogP contribution in [-0.2, 0) is 27.7 Å². The van der Waals surface area contributed by atoms with E-state index in [2.05, 4.69) is 51.4 Å². The molecule has 1 fully saturated rings. The number of nitrogens with zero attached hydrogens (tertiary/aromatic N) is 2. The van der Waals surface area contributed by atoms with Crippen molar-refractivity contribution in [1.29, 1.82) is 0 Å². The van der Waals surface area contributed by atoms with Crippen LogP contribution in [0.5, 0.6) is 0 Å². The van der Waals surface area contributed by atoms with Gasteiger partial charge < -0.3 is 20.3 Å². The van der Waals surface area contributed by atoms with Crippen molar-refractivity contribution in [2.45, 2.75) is 31.5 Å². The van der Waals surface area contributed by atoms with Gasteiger partial charge >= 0.3 is 0 Å². The Hall–Kier alpha value is -2.97. The zero-order valence-corrected chi connectivity index (χ0v) is 20.1. The average Bonchev–Trinajstić information content (AvgIpc) is 3.39. The molecule has 0 radical (unpaired) electrons. The molecule has 1 spiro atoms. The van der Waals surface area contributed by atoms with E-state index in [-0.39, 0.29) is 11.4 Å². The molecule has 1 unspecified atom stereocenters. The first-order valence-electron chi connectivity index (χ1n) is 11.5. The molecule has 0 bridgehead atoms. The van der Waals surface area contributed by atoms with Gasteiger partial charge in [-0.2, -0.15) is 0 Å². The van der Waals surface area contributed by atoms with Crippen LogP contribution in [0.15, 0.2) is 76.5 Å². The number of fused-ring (bicyclic) bond motifs is 2. The van der Waals surface area contributed by atoms with Crippen molar-refractivity contribution in [1.82, 2.24) is 10.2 Å². The van der Waals surface area contributed by atoms with Gasteiger partial charge in [-0.25, -0.2) is 4.39 Å². The van der Waals surface area contributed by atoms with Gasteiger partial charge in [0.2, 0.25) is 0 Å². The van der Waals surface area contributed by atoms with Crippen molar-refractivity contribution in [3.63, 3.8) is 0 Å². The summed E-state index contributed by atoms with van der Waals surface area (Å²) in [6, 6.07) is 14.6. The summed E-state index contributed by atoms with van der Waals surface area (Å²) < 4.78 is 32.8. The maximum absolute atomic E-state index is 13.6. The molecular formula is C26H29FN4O2S. The lowest BCUT2D eigenvalue weighted by molar-refractivity contribution is -0.0749. The number of likely N-dealkylation sites (tertiary alicyclic amines) is 1. The van der Waals surface area contributed by atoms with Crippen LogP contribution in [0.2, 0.25) is 0 Å². The van der Waals surface area contributed by atoms with Crippen LogP contribution in [0.1, 0.15) is 30.4 Å². The minimum atomic E-state index is -1.20. The molecule has 3 aliphatic heterocycles. The number of amidine groups is 1. The number of benzene rings is 2. The lowest BCUT2D eigenvalue weighted by Crippen LogP contribution is -2.44. The Labute approximate surface area is 202 Å². The summed E-state index contributed by atoms with van der Waals surface area (Å²) in [6.07, 6.45) is 2.43. The first-order valence-corrected chi connectivity index (χ1v) is 12.9. The first-order chi connectivity index (χ1) is 16.5. The summed E-state index contributed by atoms with van der Waals surface area (Å²) in [5.74, 6) is 1.44. The number of piperidine rings is 1. The van der Waals surface area contributed by atoms with E-state index in [0.717, 1.165) is 37.4 Å². The van der Waals surface area contributed by atoms with Gasteiger partial charge in [-0.15, -0.1) is 0 Å². The Kier molecular flexibility index (Phi) is 6.27. The van der Waals surface area contributed by atoms with E-state index in [9.17, 15) is 8.60 Å². The molecule has 1 saturated heterocycles. The Morgan fingerprint density at radius 1 is 1.18 bits per heavy atom. The maximum Gasteiger partial charge on any atom is 0.143 e. The first kappa shape index (κ1) is 22.8. The summed E-state index contributed by atoms with van der Waals surface area (Å²) in [5.41, 5.74) is 3.80. The van der Waals surface area contributed by atoms with Gasteiger partial charge in [0.15, 0.2) is 0 Å². The highest BCUT2D eigenvalue weighted by molar-refractivity contribution is 7.90. The van der Waals surface area contributed by atoms with Gasteiger partial charge in [0.1, 0.15) is 16.6 Å². The monoisotopic (exact) mass is 480 g/mol. The third-order valence-corrected chi connectivity index (χ3v) is 8.30. The summed E-state index contributed by atoms with van der Waals surface area (Å²) in [5, 5.41) is 6.55. The molecule has 2 aromatic carbocycles. The smallest absolute Gasteiger partial charge is 0.143 e. The molecule has 0 saturated carbocycles. The highest BCUT2D eigenvalue weighted by Gasteiger charge is 2.42. The number of ether oxygens (including phenoxy) is 1. The fraction of sp³-hybridized carbons (Fsp3) is 0.346. The Morgan fingerprint density at radius 3 is 2.74 bits per heavy atom. The van der Waals surface area contributed by atoms with Gasteiger partial charge in [0, 0.05) is 43.7 Å². The van der Waals surface area contributed by atoms with E-state index < -0.39 is 10.8 Å². The molecule has 2 aromatic rings. The predicted octanol–water partition coefficient (Wildman–Crippen LogP) is 4.21. The fourth-order valence-electron chi connectivity index (χ4n) is 5.02. The molecule has 5 rings (SSSR count). The van der Waals surface area contributed by atoms with Crippen molar-refractivity contribution < 1.29 is 13.3 Å². The third kappa shape index (κ3) is 4.28.